The average molecular weight is 404 g/mol. The van der Waals surface area contributed by atoms with Crippen molar-refractivity contribution in [2.45, 2.75) is 24.3 Å². The molecule has 3 heterocycles. The van der Waals surface area contributed by atoms with Crippen molar-refractivity contribution in [1.82, 2.24) is 14.1 Å². The Kier molecular flexibility index (Phi) is 5.11. The van der Waals surface area contributed by atoms with E-state index >= 15 is 0 Å². The molecule has 0 saturated carbocycles. The highest BCUT2D eigenvalue weighted by Gasteiger charge is 2.31. The zero-order valence-electron chi connectivity index (χ0n) is 16.2. The molecular formula is C19H25N5O3S. The highest BCUT2D eigenvalue weighted by Crippen LogP contribution is 2.24. The summed E-state index contributed by atoms with van der Waals surface area (Å²) in [4.78, 5) is 13.7. The molecule has 1 aromatic carbocycles. The average Bonchev–Trinajstić information content (AvgIpc) is 3.16. The lowest BCUT2D eigenvalue weighted by molar-refractivity contribution is 0.227. The van der Waals surface area contributed by atoms with Gasteiger partial charge in [-0.25, -0.2) is 13.4 Å². The number of ether oxygens (including phenoxy) is 1. The molecule has 150 valence electrons. The fourth-order valence-electron chi connectivity index (χ4n) is 3.59. The summed E-state index contributed by atoms with van der Waals surface area (Å²) >= 11 is 0. The van der Waals surface area contributed by atoms with E-state index in [2.05, 4.69) is 21.7 Å². The van der Waals surface area contributed by atoms with Gasteiger partial charge in [0.15, 0.2) is 0 Å². The first kappa shape index (κ1) is 18.9. The Bertz CT molecular complexity index is 933. The van der Waals surface area contributed by atoms with Crippen LogP contribution in [-0.4, -0.2) is 80.6 Å². The molecule has 0 unspecified atom stereocenters. The molecule has 28 heavy (non-hydrogen) atoms. The van der Waals surface area contributed by atoms with Crippen molar-refractivity contribution in [3.63, 3.8) is 0 Å². The van der Waals surface area contributed by atoms with Crippen LogP contribution in [0.15, 0.2) is 51.0 Å². The molecule has 1 fully saturated rings. The van der Waals surface area contributed by atoms with Crippen molar-refractivity contribution in [3.8, 4) is 5.75 Å². The number of piperazine rings is 1. The van der Waals surface area contributed by atoms with E-state index in [0.29, 0.717) is 38.0 Å². The number of hydrogen-bond acceptors (Lipinski definition) is 7. The summed E-state index contributed by atoms with van der Waals surface area (Å²) < 4.78 is 32.6. The number of aliphatic imine (C=N–C) groups is 2. The van der Waals surface area contributed by atoms with Gasteiger partial charge in [0.2, 0.25) is 10.0 Å². The van der Waals surface area contributed by atoms with Gasteiger partial charge in [-0.2, -0.15) is 4.31 Å². The van der Waals surface area contributed by atoms with Crippen LogP contribution in [0.1, 0.15) is 13.3 Å². The maximum Gasteiger partial charge on any atom is 0.243 e. The fraction of sp³-hybridized carbons (Fsp3) is 0.474. The van der Waals surface area contributed by atoms with E-state index in [4.69, 9.17) is 9.73 Å². The molecule has 0 aliphatic carbocycles. The van der Waals surface area contributed by atoms with E-state index in [-0.39, 0.29) is 4.90 Å². The second kappa shape index (κ2) is 7.56. The molecule has 1 aromatic rings. The van der Waals surface area contributed by atoms with Gasteiger partial charge in [-0.3, -0.25) is 4.99 Å². The largest absolute Gasteiger partial charge is 0.497 e. The van der Waals surface area contributed by atoms with E-state index in [1.807, 2.05) is 12.4 Å². The third-order valence-electron chi connectivity index (χ3n) is 5.32. The van der Waals surface area contributed by atoms with Gasteiger partial charge in [-0.15, -0.1) is 0 Å². The minimum atomic E-state index is -3.54. The summed E-state index contributed by atoms with van der Waals surface area (Å²) in [6.45, 7) is 5.04. The Morgan fingerprint density at radius 1 is 1.21 bits per heavy atom. The Morgan fingerprint density at radius 3 is 2.71 bits per heavy atom. The lowest BCUT2D eigenvalue weighted by atomic mass is 10.2. The smallest absolute Gasteiger partial charge is 0.243 e. The zero-order chi connectivity index (χ0) is 19.7. The summed E-state index contributed by atoms with van der Waals surface area (Å²) in [5.41, 5.74) is 0. The minimum absolute atomic E-state index is 0.261. The molecule has 3 aliphatic heterocycles. The molecule has 1 atom stereocenters. The summed E-state index contributed by atoms with van der Waals surface area (Å²) in [5.74, 6) is 2.34. The summed E-state index contributed by atoms with van der Waals surface area (Å²) in [6, 6.07) is 6.92. The second-order valence-corrected chi connectivity index (χ2v) is 8.96. The number of sulfonamides is 1. The van der Waals surface area contributed by atoms with E-state index in [1.54, 1.807) is 24.3 Å². The van der Waals surface area contributed by atoms with Crippen LogP contribution in [0.3, 0.4) is 0 Å². The molecule has 0 amide bonds. The summed E-state index contributed by atoms with van der Waals surface area (Å²) in [5, 5.41) is 0. The van der Waals surface area contributed by atoms with Gasteiger partial charge in [-0.1, -0.05) is 13.0 Å². The van der Waals surface area contributed by atoms with Crippen molar-refractivity contribution < 1.29 is 13.2 Å². The molecular weight excluding hydrogens is 378 g/mol. The quantitative estimate of drug-likeness (QED) is 0.742. The van der Waals surface area contributed by atoms with Gasteiger partial charge in [0.1, 0.15) is 17.4 Å². The SMILES string of the molecule is CC[C@@H]1CN2C=NC(N3CCN(S(=O)(=O)c4cccc(OC)c4)CC3)=CC2=N1. The lowest BCUT2D eigenvalue weighted by Gasteiger charge is -2.36. The van der Waals surface area contributed by atoms with Crippen molar-refractivity contribution in [2.24, 2.45) is 9.98 Å². The van der Waals surface area contributed by atoms with Crippen molar-refractivity contribution >= 4 is 22.2 Å². The molecule has 0 N–H and O–H groups in total. The van der Waals surface area contributed by atoms with Gasteiger partial charge >= 0.3 is 0 Å². The number of nitrogens with zero attached hydrogens (tertiary/aromatic N) is 5. The van der Waals surface area contributed by atoms with E-state index in [1.165, 1.54) is 11.4 Å². The zero-order valence-corrected chi connectivity index (χ0v) is 17.0. The monoisotopic (exact) mass is 403 g/mol. The third-order valence-corrected chi connectivity index (χ3v) is 7.21. The van der Waals surface area contributed by atoms with Gasteiger partial charge in [0.05, 0.1) is 24.4 Å². The predicted octanol–water partition coefficient (Wildman–Crippen LogP) is 1.38. The van der Waals surface area contributed by atoms with Gasteiger partial charge in [0, 0.05) is 44.9 Å². The Labute approximate surface area is 165 Å². The summed E-state index contributed by atoms with van der Waals surface area (Å²) in [6.07, 6.45) is 4.85. The van der Waals surface area contributed by atoms with Gasteiger partial charge < -0.3 is 14.5 Å². The van der Waals surface area contributed by atoms with Crippen LogP contribution in [-0.2, 0) is 10.0 Å². The molecule has 8 nitrogen and oxygen atoms in total. The predicted molar refractivity (Wildman–Crippen MR) is 108 cm³/mol. The number of methoxy groups -OCH3 is 1. The van der Waals surface area contributed by atoms with E-state index in [9.17, 15) is 8.42 Å². The first-order valence-electron chi connectivity index (χ1n) is 9.50. The first-order valence-corrected chi connectivity index (χ1v) is 10.9. The number of fused-ring (bicyclic) bond motifs is 1. The van der Waals surface area contributed by atoms with Crippen LogP contribution in [0, 0.1) is 0 Å². The number of rotatable bonds is 5. The highest BCUT2D eigenvalue weighted by atomic mass is 32.2. The maximum atomic E-state index is 12.9. The van der Waals surface area contributed by atoms with Crippen LogP contribution in [0.4, 0.5) is 0 Å². The van der Waals surface area contributed by atoms with Crippen LogP contribution in [0.5, 0.6) is 5.75 Å². The normalized spacial score (nSPS) is 22.7. The maximum absolute atomic E-state index is 12.9. The van der Waals surface area contributed by atoms with Crippen molar-refractivity contribution in [3.05, 3.63) is 36.2 Å². The molecule has 0 bridgehead atoms. The van der Waals surface area contributed by atoms with Crippen LogP contribution >= 0.6 is 0 Å². The minimum Gasteiger partial charge on any atom is -0.497 e. The molecule has 3 aliphatic rings. The topological polar surface area (TPSA) is 77.8 Å². The lowest BCUT2D eigenvalue weighted by Crippen LogP contribution is -2.48. The van der Waals surface area contributed by atoms with Crippen LogP contribution in [0.2, 0.25) is 0 Å². The Hall–Kier alpha value is -2.39. The summed E-state index contributed by atoms with van der Waals surface area (Å²) in [7, 11) is -2.01. The Morgan fingerprint density at radius 2 is 2.00 bits per heavy atom. The van der Waals surface area contributed by atoms with Gasteiger partial charge in [-0.05, 0) is 18.6 Å². The number of amidine groups is 1. The van der Waals surface area contributed by atoms with Crippen LogP contribution in [0.25, 0.3) is 0 Å². The Balaban J connectivity index is 1.44. The van der Waals surface area contributed by atoms with E-state index < -0.39 is 10.0 Å². The molecule has 1 saturated heterocycles. The second-order valence-electron chi connectivity index (χ2n) is 7.02. The number of benzene rings is 1. The third kappa shape index (κ3) is 3.51. The number of hydrogen-bond donors (Lipinski definition) is 0. The molecule has 0 aromatic heterocycles. The fourth-order valence-corrected chi connectivity index (χ4v) is 5.05. The standard InChI is InChI=1S/C19H25N5O3S/c1-3-15-13-23-14-20-18(12-19(23)21-15)22-7-9-24(10-8-22)28(25,26)17-6-4-5-16(11-17)27-2/h4-6,11-12,14-15H,3,7-10,13H2,1-2H3/t15-/m1/s1. The van der Waals surface area contributed by atoms with Crippen molar-refractivity contribution in [2.75, 3.05) is 39.8 Å². The molecule has 9 heteroatoms. The first-order chi connectivity index (χ1) is 13.5. The molecule has 0 radical (unpaired) electrons. The van der Waals surface area contributed by atoms with E-state index in [0.717, 1.165) is 24.6 Å². The van der Waals surface area contributed by atoms with Crippen molar-refractivity contribution in [1.29, 1.82) is 0 Å². The van der Waals surface area contributed by atoms with Crippen LogP contribution < -0.4 is 4.74 Å². The van der Waals surface area contributed by atoms with Gasteiger partial charge in [0.25, 0.3) is 0 Å². The highest BCUT2D eigenvalue weighted by molar-refractivity contribution is 7.89. The molecule has 0 spiro atoms. The molecule has 4 rings (SSSR count).